The van der Waals surface area contributed by atoms with Gasteiger partial charge in [-0.2, -0.15) is 0 Å². The second-order valence-electron chi connectivity index (χ2n) is 4.89. The van der Waals surface area contributed by atoms with E-state index in [1.165, 1.54) is 47.5 Å². The Labute approximate surface area is 123 Å². The van der Waals surface area contributed by atoms with Crippen molar-refractivity contribution in [3.05, 3.63) is 28.2 Å². The summed E-state index contributed by atoms with van der Waals surface area (Å²) in [6.07, 6.45) is 3.43. The summed E-state index contributed by atoms with van der Waals surface area (Å²) in [5, 5.41) is 0. The van der Waals surface area contributed by atoms with E-state index >= 15 is 0 Å². The van der Waals surface area contributed by atoms with Crippen molar-refractivity contribution < 1.29 is 0 Å². The number of halogens is 1. The molecule has 1 aliphatic rings. The van der Waals surface area contributed by atoms with E-state index in [0.29, 0.717) is 0 Å². The van der Waals surface area contributed by atoms with Crippen molar-refractivity contribution >= 4 is 27.7 Å². The highest BCUT2D eigenvalue weighted by Gasteiger charge is 2.13. The van der Waals surface area contributed by atoms with Crippen LogP contribution in [-0.4, -0.2) is 49.3 Å². The second kappa shape index (κ2) is 6.94. The number of benzene rings is 1. The van der Waals surface area contributed by atoms with Crippen molar-refractivity contribution in [2.75, 3.05) is 39.5 Å². The number of hydrogen-bond acceptors (Lipinski definition) is 3. The maximum absolute atomic E-state index is 3.58. The molecule has 0 aliphatic carbocycles. The number of likely N-dealkylation sites (N-methyl/N-ethyl adjacent to an activating group) is 1. The van der Waals surface area contributed by atoms with E-state index in [9.17, 15) is 0 Å². The van der Waals surface area contributed by atoms with Gasteiger partial charge in [0.05, 0.1) is 0 Å². The van der Waals surface area contributed by atoms with Gasteiger partial charge in [-0.05, 0) is 56.6 Å². The van der Waals surface area contributed by atoms with Crippen LogP contribution in [0.15, 0.2) is 27.6 Å². The van der Waals surface area contributed by atoms with Crippen LogP contribution in [0.4, 0.5) is 0 Å². The molecule has 1 fully saturated rings. The predicted octanol–water partition coefficient (Wildman–Crippen LogP) is 3.31. The molecule has 0 saturated carbocycles. The van der Waals surface area contributed by atoms with Crippen LogP contribution >= 0.6 is 27.7 Å². The summed E-state index contributed by atoms with van der Waals surface area (Å²) < 4.78 is 1.18. The highest BCUT2D eigenvalue weighted by molar-refractivity contribution is 9.10. The summed E-state index contributed by atoms with van der Waals surface area (Å²) in [5.41, 5.74) is 1.45. The Bertz CT molecular complexity index is 397. The number of hydrogen-bond donors (Lipinski definition) is 0. The first-order valence-electron chi connectivity index (χ1n) is 6.42. The van der Waals surface area contributed by atoms with Gasteiger partial charge in [0.2, 0.25) is 0 Å². The summed E-state index contributed by atoms with van der Waals surface area (Å²) in [7, 11) is 2.22. The first-order valence-corrected chi connectivity index (χ1v) is 8.44. The quantitative estimate of drug-likeness (QED) is 0.786. The first-order chi connectivity index (χ1) is 8.69. The molecule has 1 aromatic carbocycles. The maximum atomic E-state index is 3.58. The van der Waals surface area contributed by atoms with E-state index in [4.69, 9.17) is 0 Å². The van der Waals surface area contributed by atoms with Gasteiger partial charge >= 0.3 is 0 Å². The molecular weight excluding hydrogens is 308 g/mol. The minimum absolute atomic E-state index is 1.07. The number of rotatable bonds is 3. The lowest BCUT2D eigenvalue weighted by atomic mass is 10.2. The van der Waals surface area contributed by atoms with Gasteiger partial charge in [-0.3, -0.25) is 4.90 Å². The van der Waals surface area contributed by atoms with Crippen molar-refractivity contribution in [1.82, 2.24) is 9.80 Å². The van der Waals surface area contributed by atoms with Crippen LogP contribution in [0.1, 0.15) is 12.0 Å². The van der Waals surface area contributed by atoms with Gasteiger partial charge in [0.15, 0.2) is 0 Å². The minimum atomic E-state index is 1.07. The average molecular weight is 329 g/mol. The molecule has 4 heteroatoms. The van der Waals surface area contributed by atoms with Crippen molar-refractivity contribution in [2.45, 2.75) is 17.9 Å². The predicted molar refractivity (Wildman–Crippen MR) is 83.3 cm³/mol. The molecule has 18 heavy (non-hydrogen) atoms. The normalized spacial score (nSPS) is 18.8. The summed E-state index contributed by atoms with van der Waals surface area (Å²) in [6.45, 7) is 5.87. The molecule has 100 valence electrons. The zero-order valence-electron chi connectivity index (χ0n) is 11.2. The smallest absolute Gasteiger partial charge is 0.0245 e. The summed E-state index contributed by atoms with van der Waals surface area (Å²) in [6, 6.07) is 6.61. The minimum Gasteiger partial charge on any atom is -0.305 e. The fourth-order valence-electron chi connectivity index (χ4n) is 2.37. The van der Waals surface area contributed by atoms with Crippen LogP contribution in [0.5, 0.6) is 0 Å². The Hall–Kier alpha value is -0.0300. The van der Waals surface area contributed by atoms with Crippen molar-refractivity contribution in [1.29, 1.82) is 0 Å². The third-order valence-corrected chi connectivity index (χ3v) is 4.78. The Morgan fingerprint density at radius 3 is 2.83 bits per heavy atom. The molecule has 0 bridgehead atoms. The average Bonchev–Trinajstić information content (AvgIpc) is 2.55. The standard InChI is InChI=1S/C14H21BrN2S/c1-16-6-3-7-17(9-8-16)11-12-10-13(15)4-5-14(12)18-2/h4-5,10H,3,6-9,11H2,1-2H3. The van der Waals surface area contributed by atoms with E-state index in [2.05, 4.69) is 57.2 Å². The lowest BCUT2D eigenvalue weighted by molar-refractivity contribution is 0.267. The maximum Gasteiger partial charge on any atom is 0.0245 e. The lowest BCUT2D eigenvalue weighted by Crippen LogP contribution is -2.28. The topological polar surface area (TPSA) is 6.48 Å². The molecule has 1 saturated heterocycles. The van der Waals surface area contributed by atoms with Gasteiger partial charge in [0, 0.05) is 29.0 Å². The lowest BCUT2D eigenvalue weighted by Gasteiger charge is -2.21. The second-order valence-corrected chi connectivity index (χ2v) is 6.65. The van der Waals surface area contributed by atoms with Gasteiger partial charge in [-0.1, -0.05) is 15.9 Å². The van der Waals surface area contributed by atoms with Crippen LogP contribution in [0.2, 0.25) is 0 Å². The Morgan fingerprint density at radius 1 is 1.22 bits per heavy atom. The van der Waals surface area contributed by atoms with Crippen LogP contribution in [-0.2, 0) is 6.54 Å². The van der Waals surface area contributed by atoms with Crippen LogP contribution in [0, 0.1) is 0 Å². The van der Waals surface area contributed by atoms with E-state index in [1.807, 2.05) is 11.8 Å². The van der Waals surface area contributed by atoms with E-state index < -0.39 is 0 Å². The fraction of sp³-hybridized carbons (Fsp3) is 0.571. The van der Waals surface area contributed by atoms with Gasteiger partial charge in [0.25, 0.3) is 0 Å². The summed E-state index contributed by atoms with van der Waals surface area (Å²) in [5.74, 6) is 0. The van der Waals surface area contributed by atoms with Crippen LogP contribution in [0.3, 0.4) is 0 Å². The number of nitrogens with zero attached hydrogens (tertiary/aromatic N) is 2. The molecule has 2 nitrogen and oxygen atoms in total. The summed E-state index contributed by atoms with van der Waals surface area (Å²) in [4.78, 5) is 6.40. The van der Waals surface area contributed by atoms with E-state index in [1.54, 1.807) is 0 Å². The molecule has 0 unspecified atom stereocenters. The van der Waals surface area contributed by atoms with Gasteiger partial charge in [-0.25, -0.2) is 0 Å². The molecule has 0 radical (unpaired) electrons. The molecule has 0 spiro atoms. The SMILES string of the molecule is CSc1ccc(Br)cc1CN1CCCN(C)CC1. The van der Waals surface area contributed by atoms with E-state index in [-0.39, 0.29) is 0 Å². The van der Waals surface area contributed by atoms with Gasteiger partial charge in [0.1, 0.15) is 0 Å². The first kappa shape index (κ1) is 14.4. The Balaban J connectivity index is 2.05. The Morgan fingerprint density at radius 2 is 2.06 bits per heavy atom. The highest BCUT2D eigenvalue weighted by Crippen LogP contribution is 2.25. The Kier molecular flexibility index (Phi) is 5.55. The van der Waals surface area contributed by atoms with Crippen molar-refractivity contribution in [3.8, 4) is 0 Å². The fourth-order valence-corrected chi connectivity index (χ4v) is 3.37. The molecule has 1 aliphatic heterocycles. The van der Waals surface area contributed by atoms with Crippen molar-refractivity contribution in [3.63, 3.8) is 0 Å². The molecule has 0 N–H and O–H groups in total. The monoisotopic (exact) mass is 328 g/mol. The molecule has 1 heterocycles. The zero-order valence-corrected chi connectivity index (χ0v) is 13.6. The van der Waals surface area contributed by atoms with Crippen LogP contribution in [0.25, 0.3) is 0 Å². The number of thioether (sulfide) groups is 1. The third-order valence-electron chi connectivity index (χ3n) is 3.45. The summed E-state index contributed by atoms with van der Waals surface area (Å²) >= 11 is 5.42. The molecule has 0 aromatic heterocycles. The largest absolute Gasteiger partial charge is 0.305 e. The van der Waals surface area contributed by atoms with Gasteiger partial charge in [-0.15, -0.1) is 11.8 Å². The van der Waals surface area contributed by atoms with Crippen molar-refractivity contribution in [2.24, 2.45) is 0 Å². The molecule has 2 rings (SSSR count). The molecule has 0 amide bonds. The molecule has 1 aromatic rings. The molecule has 0 atom stereocenters. The van der Waals surface area contributed by atoms with Gasteiger partial charge < -0.3 is 4.90 Å². The zero-order chi connectivity index (χ0) is 13.0. The highest BCUT2D eigenvalue weighted by atomic mass is 79.9. The van der Waals surface area contributed by atoms with E-state index in [0.717, 1.165) is 6.54 Å². The molecular formula is C14H21BrN2S. The van der Waals surface area contributed by atoms with Crippen LogP contribution < -0.4 is 0 Å². The third kappa shape index (κ3) is 3.98.